The fourth-order valence-corrected chi connectivity index (χ4v) is 3.35. The van der Waals surface area contributed by atoms with E-state index in [9.17, 15) is 0 Å². The summed E-state index contributed by atoms with van der Waals surface area (Å²) in [5.41, 5.74) is 8.71. The van der Waals surface area contributed by atoms with Gasteiger partial charge in [0.15, 0.2) is 5.96 Å². The van der Waals surface area contributed by atoms with Gasteiger partial charge < -0.3 is 20.7 Å². The van der Waals surface area contributed by atoms with Crippen LogP contribution in [0.2, 0.25) is 0 Å². The highest BCUT2D eigenvalue weighted by atomic mass is 16.5. The largest absolute Gasteiger partial charge is 0.376 e. The van der Waals surface area contributed by atoms with Crippen LogP contribution in [-0.4, -0.2) is 45.4 Å². The average molecular weight is 302 g/mol. The smallest absolute Gasteiger partial charge is 0.188 e. The maximum absolute atomic E-state index is 5.97. The van der Waals surface area contributed by atoms with Crippen LogP contribution in [0.3, 0.4) is 0 Å². The Hall–Kier alpha value is -1.75. The summed E-state index contributed by atoms with van der Waals surface area (Å²) < 4.78 is 5.57. The third kappa shape index (κ3) is 3.71. The highest BCUT2D eigenvalue weighted by Gasteiger charge is 2.21. The average Bonchev–Trinajstić information content (AvgIpc) is 3.04. The molecule has 22 heavy (non-hydrogen) atoms. The summed E-state index contributed by atoms with van der Waals surface area (Å²) >= 11 is 0. The minimum Gasteiger partial charge on any atom is -0.376 e. The molecule has 120 valence electrons. The summed E-state index contributed by atoms with van der Waals surface area (Å²) in [5.74, 6) is 1.06. The van der Waals surface area contributed by atoms with Gasteiger partial charge >= 0.3 is 0 Å². The molecule has 0 amide bonds. The Morgan fingerprint density at radius 1 is 1.45 bits per heavy atom. The van der Waals surface area contributed by atoms with Crippen LogP contribution in [0, 0.1) is 5.92 Å². The summed E-state index contributed by atoms with van der Waals surface area (Å²) in [7, 11) is 2.15. The maximum atomic E-state index is 5.97. The number of aliphatic imine (C=N–C) groups is 1. The van der Waals surface area contributed by atoms with Crippen LogP contribution >= 0.6 is 0 Å². The van der Waals surface area contributed by atoms with Gasteiger partial charge in [0.2, 0.25) is 0 Å². The number of fused-ring (bicyclic) bond motifs is 1. The monoisotopic (exact) mass is 302 g/mol. The maximum Gasteiger partial charge on any atom is 0.188 e. The molecule has 0 bridgehead atoms. The van der Waals surface area contributed by atoms with Crippen molar-refractivity contribution in [2.45, 2.75) is 25.4 Å². The molecule has 3 rings (SSSR count). The van der Waals surface area contributed by atoms with Crippen molar-refractivity contribution in [1.82, 2.24) is 5.32 Å². The van der Waals surface area contributed by atoms with Crippen LogP contribution in [-0.2, 0) is 11.2 Å². The zero-order chi connectivity index (χ0) is 15.4. The molecule has 1 saturated heterocycles. The number of nitrogens with zero attached hydrogens (tertiary/aromatic N) is 2. The van der Waals surface area contributed by atoms with Crippen molar-refractivity contribution in [3.05, 3.63) is 29.8 Å². The van der Waals surface area contributed by atoms with E-state index in [1.165, 1.54) is 11.3 Å². The minimum absolute atomic E-state index is 0.293. The van der Waals surface area contributed by atoms with Gasteiger partial charge in [-0.15, -0.1) is 0 Å². The summed E-state index contributed by atoms with van der Waals surface area (Å²) in [4.78, 5) is 6.83. The molecule has 3 N–H and O–H groups in total. The van der Waals surface area contributed by atoms with Crippen LogP contribution in [0.1, 0.15) is 18.4 Å². The number of ether oxygens (including phenoxy) is 1. The Kier molecular flexibility index (Phi) is 4.83. The number of para-hydroxylation sites is 1. The Bertz CT molecular complexity index is 525. The molecular formula is C17H26N4O. The van der Waals surface area contributed by atoms with Crippen LogP contribution in [0.5, 0.6) is 0 Å². The number of benzene rings is 1. The standard InChI is InChI=1S/C17H26N4O/c1-21-12-13(9-14-5-2-3-7-16(14)21)10-19-17(18)20-11-15-6-4-8-22-15/h2-3,5,7,13,15H,4,6,8-12H2,1H3,(H3,18,19,20). The Balaban J connectivity index is 1.50. The van der Waals surface area contributed by atoms with Crippen molar-refractivity contribution in [2.24, 2.45) is 16.6 Å². The third-order valence-corrected chi connectivity index (χ3v) is 4.50. The Labute approximate surface area is 132 Å². The highest BCUT2D eigenvalue weighted by Crippen LogP contribution is 2.28. The predicted molar refractivity (Wildman–Crippen MR) is 90.4 cm³/mol. The van der Waals surface area contributed by atoms with Gasteiger partial charge in [-0.1, -0.05) is 18.2 Å². The molecular weight excluding hydrogens is 276 g/mol. The minimum atomic E-state index is 0.293. The van der Waals surface area contributed by atoms with Gasteiger partial charge in [-0.05, 0) is 30.9 Å². The van der Waals surface area contributed by atoms with Gasteiger partial charge in [0.25, 0.3) is 0 Å². The van der Waals surface area contributed by atoms with Gasteiger partial charge in [0.05, 0.1) is 6.10 Å². The van der Waals surface area contributed by atoms with Crippen molar-refractivity contribution >= 4 is 11.6 Å². The van der Waals surface area contributed by atoms with E-state index < -0.39 is 0 Å². The van der Waals surface area contributed by atoms with Crippen molar-refractivity contribution in [1.29, 1.82) is 0 Å². The number of anilines is 1. The first-order chi connectivity index (χ1) is 10.7. The Morgan fingerprint density at radius 3 is 3.14 bits per heavy atom. The Morgan fingerprint density at radius 2 is 2.32 bits per heavy atom. The quantitative estimate of drug-likeness (QED) is 0.651. The molecule has 2 unspecified atom stereocenters. The molecule has 5 heteroatoms. The van der Waals surface area contributed by atoms with E-state index in [-0.39, 0.29) is 0 Å². The molecule has 5 nitrogen and oxygen atoms in total. The van der Waals surface area contributed by atoms with E-state index in [0.717, 1.165) is 45.5 Å². The molecule has 1 fully saturated rings. The second kappa shape index (κ2) is 7.01. The van der Waals surface area contributed by atoms with E-state index in [1.54, 1.807) is 0 Å². The van der Waals surface area contributed by atoms with Crippen LogP contribution in [0.25, 0.3) is 0 Å². The molecule has 0 aliphatic carbocycles. The lowest BCUT2D eigenvalue weighted by Crippen LogP contribution is -2.38. The number of guanidine groups is 1. The van der Waals surface area contributed by atoms with Gasteiger partial charge in [0, 0.05) is 44.9 Å². The van der Waals surface area contributed by atoms with E-state index >= 15 is 0 Å². The highest BCUT2D eigenvalue weighted by molar-refractivity contribution is 5.77. The molecule has 2 aliphatic rings. The van der Waals surface area contributed by atoms with Crippen LogP contribution < -0.4 is 16.0 Å². The third-order valence-electron chi connectivity index (χ3n) is 4.50. The molecule has 0 aromatic heterocycles. The number of nitrogens with two attached hydrogens (primary N) is 1. The molecule has 0 saturated carbocycles. The normalized spacial score (nSPS) is 25.1. The van der Waals surface area contributed by atoms with Crippen molar-refractivity contribution in [2.75, 3.05) is 38.2 Å². The molecule has 1 aromatic carbocycles. The molecule has 2 heterocycles. The van der Waals surface area contributed by atoms with Crippen LogP contribution in [0.4, 0.5) is 5.69 Å². The molecule has 0 spiro atoms. The first-order valence-corrected chi connectivity index (χ1v) is 8.17. The van der Waals surface area contributed by atoms with Crippen LogP contribution in [0.15, 0.2) is 29.3 Å². The summed E-state index contributed by atoms with van der Waals surface area (Å²) in [6.07, 6.45) is 3.63. The zero-order valence-electron chi connectivity index (χ0n) is 13.3. The molecule has 1 aromatic rings. The second-order valence-corrected chi connectivity index (χ2v) is 6.32. The molecule has 2 atom stereocenters. The van der Waals surface area contributed by atoms with E-state index in [4.69, 9.17) is 10.5 Å². The molecule has 2 aliphatic heterocycles. The SMILES string of the molecule is CN1CC(CN=C(N)NCC2CCCO2)Cc2ccccc21. The first kappa shape index (κ1) is 15.2. The lowest BCUT2D eigenvalue weighted by Gasteiger charge is -2.32. The van der Waals surface area contributed by atoms with Crippen molar-refractivity contribution < 1.29 is 4.74 Å². The molecule has 0 radical (unpaired) electrons. The van der Waals surface area contributed by atoms with E-state index in [0.29, 0.717) is 18.0 Å². The number of hydrogen-bond acceptors (Lipinski definition) is 3. The lowest BCUT2D eigenvalue weighted by atomic mass is 9.93. The second-order valence-electron chi connectivity index (χ2n) is 6.32. The van der Waals surface area contributed by atoms with Gasteiger partial charge in [-0.25, -0.2) is 0 Å². The number of rotatable bonds is 4. The number of nitrogens with one attached hydrogen (secondary N) is 1. The first-order valence-electron chi connectivity index (χ1n) is 8.17. The number of hydrogen-bond donors (Lipinski definition) is 2. The fourth-order valence-electron chi connectivity index (χ4n) is 3.35. The van der Waals surface area contributed by atoms with Crippen molar-refractivity contribution in [3.8, 4) is 0 Å². The predicted octanol–water partition coefficient (Wildman–Crippen LogP) is 1.38. The van der Waals surface area contributed by atoms with Crippen molar-refractivity contribution in [3.63, 3.8) is 0 Å². The fraction of sp³-hybridized carbons (Fsp3) is 0.588. The lowest BCUT2D eigenvalue weighted by molar-refractivity contribution is 0.114. The van der Waals surface area contributed by atoms with Gasteiger partial charge in [-0.2, -0.15) is 0 Å². The van der Waals surface area contributed by atoms with E-state index in [2.05, 4.69) is 46.5 Å². The van der Waals surface area contributed by atoms with E-state index in [1.807, 2.05) is 0 Å². The summed E-state index contributed by atoms with van der Waals surface area (Å²) in [5, 5.41) is 3.18. The topological polar surface area (TPSA) is 62.9 Å². The van der Waals surface area contributed by atoms with Gasteiger partial charge in [0.1, 0.15) is 0 Å². The summed E-state index contributed by atoms with van der Waals surface area (Å²) in [6.45, 7) is 3.43. The zero-order valence-corrected chi connectivity index (χ0v) is 13.3. The summed E-state index contributed by atoms with van der Waals surface area (Å²) in [6, 6.07) is 8.60. The van der Waals surface area contributed by atoms with Gasteiger partial charge in [-0.3, -0.25) is 4.99 Å².